The van der Waals surface area contributed by atoms with Crippen LogP contribution in [-0.2, 0) is 0 Å². The molecule has 3 aromatic rings. The third-order valence-electron chi connectivity index (χ3n) is 8.44. The number of aryl methyl sites for hydroxylation is 1. The van der Waals surface area contributed by atoms with Gasteiger partial charge in [0.25, 0.3) is 0 Å². The zero-order valence-electron chi connectivity index (χ0n) is 22.8. The smallest absolute Gasteiger partial charge is 0.0130 e. The van der Waals surface area contributed by atoms with Crippen LogP contribution in [0.5, 0.6) is 0 Å². The molecule has 0 saturated heterocycles. The lowest BCUT2D eigenvalue weighted by Crippen LogP contribution is -2.13. The summed E-state index contributed by atoms with van der Waals surface area (Å²) in [5.41, 5.74) is 7.65. The minimum atomic E-state index is 0.566. The van der Waals surface area contributed by atoms with Gasteiger partial charge in [-0.2, -0.15) is 0 Å². The zero-order chi connectivity index (χ0) is 24.5. The summed E-state index contributed by atoms with van der Waals surface area (Å²) in [6.45, 7) is 6.91. The first-order valence-corrected chi connectivity index (χ1v) is 14.9. The molecule has 0 spiro atoms. The maximum Gasteiger partial charge on any atom is 0.0130 e. The molecule has 0 radical (unpaired) electrons. The van der Waals surface area contributed by atoms with Crippen LogP contribution < -0.4 is 0 Å². The topological polar surface area (TPSA) is 0 Å². The fourth-order valence-corrected chi connectivity index (χ4v) is 6.54. The number of hydrogen-bond donors (Lipinski definition) is 0. The van der Waals surface area contributed by atoms with Gasteiger partial charge in [-0.1, -0.05) is 151 Å². The van der Waals surface area contributed by atoms with Crippen molar-refractivity contribution in [1.82, 2.24) is 0 Å². The van der Waals surface area contributed by atoms with Crippen LogP contribution in [0, 0.1) is 12.8 Å². The van der Waals surface area contributed by atoms with Gasteiger partial charge in [0.15, 0.2) is 0 Å². The van der Waals surface area contributed by atoms with Crippen molar-refractivity contribution in [2.45, 2.75) is 117 Å². The van der Waals surface area contributed by atoms with E-state index in [-0.39, 0.29) is 0 Å². The maximum absolute atomic E-state index is 2.52. The van der Waals surface area contributed by atoms with Gasteiger partial charge in [0.05, 0.1) is 0 Å². The van der Waals surface area contributed by atoms with Gasteiger partial charge in [0.2, 0.25) is 0 Å². The second-order valence-corrected chi connectivity index (χ2v) is 11.2. The Balaban J connectivity index is 1.60. The van der Waals surface area contributed by atoms with E-state index in [0.717, 1.165) is 5.92 Å². The summed E-state index contributed by atoms with van der Waals surface area (Å²) in [6.07, 6.45) is 19.5. The van der Waals surface area contributed by atoms with Crippen molar-refractivity contribution in [2.75, 3.05) is 0 Å². The van der Waals surface area contributed by atoms with Crippen molar-refractivity contribution in [2.24, 2.45) is 5.92 Å². The number of fused-ring (bicyclic) bond motifs is 5. The number of unbranched alkanes of at least 4 members (excludes halogenated alkanes) is 10. The maximum atomic E-state index is 2.52. The van der Waals surface area contributed by atoms with E-state index in [1.165, 1.54) is 117 Å². The van der Waals surface area contributed by atoms with Crippen molar-refractivity contribution in [3.8, 4) is 11.1 Å². The average Bonchev–Trinajstić information content (AvgIpc) is 3.20. The van der Waals surface area contributed by atoms with E-state index in [9.17, 15) is 0 Å². The van der Waals surface area contributed by atoms with E-state index in [2.05, 4.69) is 75.4 Å². The van der Waals surface area contributed by atoms with Crippen LogP contribution in [-0.4, -0.2) is 0 Å². The molecule has 3 aromatic carbocycles. The molecular formula is C35H48. The number of benzene rings is 3. The lowest BCUT2D eigenvalue weighted by molar-refractivity contribution is 0.371. The van der Waals surface area contributed by atoms with Crippen LogP contribution in [0.1, 0.15) is 126 Å². The molecule has 0 nitrogen and oxygen atoms in total. The summed E-state index contributed by atoms with van der Waals surface area (Å²) < 4.78 is 0. The molecule has 0 N–H and O–H groups in total. The Kier molecular flexibility index (Phi) is 9.87. The predicted molar refractivity (Wildman–Crippen MR) is 155 cm³/mol. The van der Waals surface area contributed by atoms with Gasteiger partial charge in [-0.15, -0.1) is 0 Å². The summed E-state index contributed by atoms with van der Waals surface area (Å²) in [7, 11) is 0. The van der Waals surface area contributed by atoms with E-state index < -0.39 is 0 Å². The van der Waals surface area contributed by atoms with Gasteiger partial charge in [-0.05, 0) is 58.7 Å². The fourth-order valence-electron chi connectivity index (χ4n) is 6.54. The first-order chi connectivity index (χ1) is 17.2. The first-order valence-electron chi connectivity index (χ1n) is 14.9. The van der Waals surface area contributed by atoms with Crippen LogP contribution in [0.15, 0.2) is 54.6 Å². The van der Waals surface area contributed by atoms with Gasteiger partial charge in [-0.3, -0.25) is 0 Å². The highest BCUT2D eigenvalue weighted by atomic mass is 14.4. The normalized spacial score (nSPS) is 14.6. The highest BCUT2D eigenvalue weighted by Crippen LogP contribution is 2.53. The van der Waals surface area contributed by atoms with E-state index >= 15 is 0 Å². The molecule has 1 atom stereocenters. The Bertz CT molecular complexity index is 1040. The lowest BCUT2D eigenvalue weighted by Gasteiger charge is -2.26. The molecule has 0 heterocycles. The summed E-state index contributed by atoms with van der Waals surface area (Å²) in [6, 6.07) is 21.1. The van der Waals surface area contributed by atoms with Crippen LogP contribution >= 0.6 is 0 Å². The van der Waals surface area contributed by atoms with Crippen molar-refractivity contribution in [3.05, 3.63) is 71.3 Å². The predicted octanol–water partition coefficient (Wildman–Crippen LogP) is 11.4. The molecule has 1 aliphatic carbocycles. The van der Waals surface area contributed by atoms with Crippen molar-refractivity contribution in [3.63, 3.8) is 0 Å². The molecular weight excluding hydrogens is 420 g/mol. The average molecular weight is 469 g/mol. The fraction of sp³-hybridized carbons (Fsp3) is 0.543. The quantitative estimate of drug-likeness (QED) is 0.194. The molecule has 1 aliphatic rings. The highest BCUT2D eigenvalue weighted by molar-refractivity contribution is 6.01. The Morgan fingerprint density at radius 2 is 1.26 bits per heavy atom. The van der Waals surface area contributed by atoms with Gasteiger partial charge >= 0.3 is 0 Å². The van der Waals surface area contributed by atoms with Crippen LogP contribution in [0.3, 0.4) is 0 Å². The van der Waals surface area contributed by atoms with E-state index in [4.69, 9.17) is 0 Å². The molecule has 0 aliphatic heterocycles. The zero-order valence-corrected chi connectivity index (χ0v) is 22.8. The molecule has 35 heavy (non-hydrogen) atoms. The van der Waals surface area contributed by atoms with Gasteiger partial charge in [0, 0.05) is 5.92 Å². The Morgan fingerprint density at radius 1 is 0.629 bits per heavy atom. The van der Waals surface area contributed by atoms with Crippen molar-refractivity contribution < 1.29 is 0 Å². The standard InChI is InChI=1S/C35H48/c1-4-6-8-10-12-14-19-29(20-15-13-11-9-7-5-2)34-32-25-23-28-18-16-17-21-30(28)35(32)31-24-22-27(3)26-33(31)34/h16-18,21-26,29,34H,4-15,19-20H2,1-3H3. The van der Waals surface area contributed by atoms with Crippen LogP contribution in [0.4, 0.5) is 0 Å². The second-order valence-electron chi connectivity index (χ2n) is 11.2. The monoisotopic (exact) mass is 468 g/mol. The summed E-state index contributed by atoms with van der Waals surface area (Å²) in [5.74, 6) is 1.33. The SMILES string of the molecule is CCCCCCCCC(CCCCCCCC)C1c2cc(C)ccc2-c2c1ccc1ccccc21. The van der Waals surface area contributed by atoms with Crippen molar-refractivity contribution in [1.29, 1.82) is 0 Å². The van der Waals surface area contributed by atoms with Gasteiger partial charge in [0.1, 0.15) is 0 Å². The molecule has 0 bridgehead atoms. The summed E-state index contributed by atoms with van der Waals surface area (Å²) >= 11 is 0. The molecule has 0 amide bonds. The van der Waals surface area contributed by atoms with E-state index in [0.29, 0.717) is 5.92 Å². The largest absolute Gasteiger partial charge is 0.0654 e. The third-order valence-corrected chi connectivity index (χ3v) is 8.44. The molecule has 188 valence electrons. The summed E-state index contributed by atoms with van der Waals surface area (Å²) in [4.78, 5) is 0. The van der Waals surface area contributed by atoms with Crippen LogP contribution in [0.25, 0.3) is 21.9 Å². The molecule has 0 saturated carbocycles. The van der Waals surface area contributed by atoms with Gasteiger partial charge in [-0.25, -0.2) is 0 Å². The highest BCUT2D eigenvalue weighted by Gasteiger charge is 2.35. The van der Waals surface area contributed by atoms with Crippen LogP contribution in [0.2, 0.25) is 0 Å². The molecule has 0 heteroatoms. The van der Waals surface area contributed by atoms with E-state index in [1.807, 2.05) is 0 Å². The Morgan fingerprint density at radius 3 is 1.94 bits per heavy atom. The number of rotatable bonds is 15. The molecule has 0 fully saturated rings. The molecule has 1 unspecified atom stereocenters. The Labute approximate surface area is 215 Å². The second kappa shape index (κ2) is 13.3. The minimum absolute atomic E-state index is 0.566. The lowest BCUT2D eigenvalue weighted by atomic mass is 9.78. The molecule has 4 rings (SSSR count). The number of hydrogen-bond acceptors (Lipinski definition) is 0. The first kappa shape index (κ1) is 26.0. The Hall–Kier alpha value is -2.08. The van der Waals surface area contributed by atoms with Crippen molar-refractivity contribution >= 4 is 10.8 Å². The van der Waals surface area contributed by atoms with Gasteiger partial charge < -0.3 is 0 Å². The molecule has 0 aromatic heterocycles. The minimum Gasteiger partial charge on any atom is -0.0654 e. The summed E-state index contributed by atoms with van der Waals surface area (Å²) in [5, 5.41) is 2.82. The third kappa shape index (κ3) is 6.38. The van der Waals surface area contributed by atoms with E-state index in [1.54, 1.807) is 11.1 Å².